The molecule has 0 heterocycles. The first-order valence-corrected chi connectivity index (χ1v) is 7.08. The van der Waals surface area contributed by atoms with Crippen LogP contribution in [0.4, 0.5) is 0 Å². The van der Waals surface area contributed by atoms with E-state index in [0.717, 1.165) is 9.37 Å². The number of hydrogen-bond donors (Lipinski definition) is 0. The number of amides is 1. The van der Waals surface area contributed by atoms with E-state index < -0.39 is 15.9 Å². The van der Waals surface area contributed by atoms with Gasteiger partial charge in [0.05, 0.1) is 22.6 Å². The molecule has 1 aromatic rings. The van der Waals surface area contributed by atoms with Gasteiger partial charge in [-0.3, -0.25) is 9.63 Å². The lowest BCUT2D eigenvalue weighted by Gasteiger charge is -2.16. The molecule has 0 aliphatic carbocycles. The SMILES string of the molecule is CON(C)C(=O)c1cc(S(=O)(=O)N(C)C)ccc1Cl. The van der Waals surface area contributed by atoms with E-state index in [1.54, 1.807) is 0 Å². The molecule has 0 N–H and O–H groups in total. The average Bonchev–Trinajstić information content (AvgIpc) is 2.37. The number of benzene rings is 1. The summed E-state index contributed by atoms with van der Waals surface area (Å²) in [6.07, 6.45) is 0. The Morgan fingerprint density at radius 2 is 1.84 bits per heavy atom. The highest BCUT2D eigenvalue weighted by Gasteiger charge is 2.22. The van der Waals surface area contributed by atoms with E-state index in [-0.39, 0.29) is 15.5 Å². The van der Waals surface area contributed by atoms with E-state index in [1.165, 1.54) is 46.5 Å². The Morgan fingerprint density at radius 1 is 1.26 bits per heavy atom. The first kappa shape index (κ1) is 15.9. The number of sulfonamides is 1. The van der Waals surface area contributed by atoms with Crippen molar-refractivity contribution in [2.24, 2.45) is 0 Å². The summed E-state index contributed by atoms with van der Waals surface area (Å²) in [5.74, 6) is -0.525. The minimum absolute atomic E-state index is 0.00486. The third-order valence-corrected chi connectivity index (χ3v) is 4.65. The van der Waals surface area contributed by atoms with Crippen LogP contribution in [0, 0.1) is 0 Å². The van der Waals surface area contributed by atoms with Gasteiger partial charge in [-0.05, 0) is 18.2 Å². The minimum atomic E-state index is -3.62. The fourth-order valence-electron chi connectivity index (χ4n) is 1.29. The molecule has 1 rings (SSSR count). The van der Waals surface area contributed by atoms with Gasteiger partial charge in [0.25, 0.3) is 5.91 Å². The van der Waals surface area contributed by atoms with Gasteiger partial charge in [-0.2, -0.15) is 0 Å². The molecule has 0 aromatic heterocycles. The van der Waals surface area contributed by atoms with Crippen LogP contribution in [0.25, 0.3) is 0 Å². The van der Waals surface area contributed by atoms with Gasteiger partial charge in [0.1, 0.15) is 0 Å². The fraction of sp³-hybridized carbons (Fsp3) is 0.364. The second kappa shape index (κ2) is 5.87. The molecule has 19 heavy (non-hydrogen) atoms. The van der Waals surface area contributed by atoms with Crippen LogP contribution in [-0.2, 0) is 14.9 Å². The number of nitrogens with zero attached hydrogens (tertiary/aromatic N) is 2. The number of hydrogen-bond acceptors (Lipinski definition) is 4. The van der Waals surface area contributed by atoms with Gasteiger partial charge in [0, 0.05) is 21.1 Å². The van der Waals surface area contributed by atoms with Crippen LogP contribution in [-0.4, -0.2) is 51.9 Å². The average molecular weight is 307 g/mol. The van der Waals surface area contributed by atoms with Crippen molar-refractivity contribution in [2.75, 3.05) is 28.3 Å². The second-order valence-corrected chi connectivity index (χ2v) is 6.47. The lowest BCUT2D eigenvalue weighted by Crippen LogP contribution is -2.27. The van der Waals surface area contributed by atoms with Crippen LogP contribution in [0.2, 0.25) is 5.02 Å². The highest BCUT2D eigenvalue weighted by atomic mass is 35.5. The maximum Gasteiger partial charge on any atom is 0.278 e. The van der Waals surface area contributed by atoms with E-state index in [4.69, 9.17) is 16.4 Å². The van der Waals surface area contributed by atoms with Crippen LogP contribution in [0.1, 0.15) is 10.4 Å². The number of rotatable bonds is 4. The molecule has 0 saturated heterocycles. The Balaban J connectivity index is 3.34. The summed E-state index contributed by atoms with van der Waals surface area (Å²) in [5, 5.41) is 1.12. The Bertz CT molecular complexity index is 586. The van der Waals surface area contributed by atoms with Crippen molar-refractivity contribution in [2.45, 2.75) is 4.90 Å². The zero-order valence-electron chi connectivity index (χ0n) is 11.0. The summed E-state index contributed by atoms with van der Waals surface area (Å²) < 4.78 is 25.0. The molecular formula is C11H15ClN2O4S. The molecule has 106 valence electrons. The van der Waals surface area contributed by atoms with E-state index >= 15 is 0 Å². The molecule has 8 heteroatoms. The predicted molar refractivity (Wildman–Crippen MR) is 71.4 cm³/mol. The Hall–Kier alpha value is -1.15. The van der Waals surface area contributed by atoms with Crippen LogP contribution in [0.3, 0.4) is 0 Å². The van der Waals surface area contributed by atoms with Crippen LogP contribution < -0.4 is 0 Å². The highest BCUT2D eigenvalue weighted by Crippen LogP contribution is 2.23. The zero-order valence-corrected chi connectivity index (χ0v) is 12.6. The molecule has 1 amide bonds. The van der Waals surface area contributed by atoms with Gasteiger partial charge in [-0.15, -0.1) is 0 Å². The summed E-state index contributed by atoms with van der Waals surface area (Å²) >= 11 is 5.91. The third kappa shape index (κ3) is 3.24. The lowest BCUT2D eigenvalue weighted by atomic mass is 10.2. The zero-order chi connectivity index (χ0) is 14.8. The quantitative estimate of drug-likeness (QED) is 0.785. The van der Waals surface area contributed by atoms with E-state index in [0.29, 0.717) is 0 Å². The molecule has 1 aromatic carbocycles. The Morgan fingerprint density at radius 3 is 2.32 bits per heavy atom. The molecular weight excluding hydrogens is 292 g/mol. The molecule has 0 fully saturated rings. The van der Waals surface area contributed by atoms with Gasteiger partial charge in [-0.25, -0.2) is 17.8 Å². The molecule has 0 bridgehead atoms. The number of hydroxylamine groups is 2. The van der Waals surface area contributed by atoms with E-state index in [2.05, 4.69) is 0 Å². The molecule has 0 unspecified atom stereocenters. The van der Waals surface area contributed by atoms with Gasteiger partial charge >= 0.3 is 0 Å². The molecule has 6 nitrogen and oxygen atoms in total. The fourth-order valence-corrected chi connectivity index (χ4v) is 2.42. The van der Waals surface area contributed by atoms with Crippen molar-refractivity contribution in [1.82, 2.24) is 9.37 Å². The summed E-state index contributed by atoms with van der Waals surface area (Å²) in [6, 6.07) is 3.95. The predicted octanol–water partition coefficient (Wildman–Crippen LogP) is 1.22. The molecule has 0 aliphatic heterocycles. The maximum absolute atomic E-state index is 12.0. The number of carbonyl (C=O) groups excluding carboxylic acids is 1. The summed E-state index contributed by atoms with van der Waals surface area (Å²) in [4.78, 5) is 16.7. The monoisotopic (exact) mass is 306 g/mol. The third-order valence-electron chi connectivity index (χ3n) is 2.51. The number of halogens is 1. The van der Waals surface area contributed by atoms with Crippen molar-refractivity contribution in [1.29, 1.82) is 0 Å². The first-order valence-electron chi connectivity index (χ1n) is 5.26. The van der Waals surface area contributed by atoms with Crippen molar-refractivity contribution < 1.29 is 18.0 Å². The first-order chi connectivity index (χ1) is 8.71. The summed E-state index contributed by atoms with van der Waals surface area (Å²) in [6.45, 7) is 0. The topological polar surface area (TPSA) is 66.9 Å². The summed E-state index contributed by atoms with van der Waals surface area (Å²) in [7, 11) is 1.93. The largest absolute Gasteiger partial charge is 0.278 e. The Labute approximate surface area is 117 Å². The Kier molecular flexibility index (Phi) is 4.92. The minimum Gasteiger partial charge on any atom is -0.274 e. The lowest BCUT2D eigenvalue weighted by molar-refractivity contribution is -0.0757. The highest BCUT2D eigenvalue weighted by molar-refractivity contribution is 7.89. The van der Waals surface area contributed by atoms with Crippen molar-refractivity contribution in [3.05, 3.63) is 28.8 Å². The smallest absolute Gasteiger partial charge is 0.274 e. The van der Waals surface area contributed by atoms with Crippen molar-refractivity contribution >= 4 is 27.5 Å². The number of carbonyl (C=O) groups is 1. The molecule has 0 atom stereocenters. The van der Waals surface area contributed by atoms with Gasteiger partial charge in [0.2, 0.25) is 10.0 Å². The van der Waals surface area contributed by atoms with Crippen molar-refractivity contribution in [3.63, 3.8) is 0 Å². The summed E-state index contributed by atoms with van der Waals surface area (Å²) in [5.41, 5.74) is 0.0638. The second-order valence-electron chi connectivity index (χ2n) is 3.91. The van der Waals surface area contributed by atoms with Gasteiger partial charge < -0.3 is 0 Å². The van der Waals surface area contributed by atoms with Crippen LogP contribution in [0.5, 0.6) is 0 Å². The normalized spacial score (nSPS) is 11.7. The van der Waals surface area contributed by atoms with Crippen LogP contribution >= 0.6 is 11.6 Å². The molecule has 0 saturated carbocycles. The van der Waals surface area contributed by atoms with E-state index in [9.17, 15) is 13.2 Å². The van der Waals surface area contributed by atoms with E-state index in [1.807, 2.05) is 0 Å². The maximum atomic E-state index is 12.0. The van der Waals surface area contributed by atoms with Gasteiger partial charge in [-0.1, -0.05) is 11.6 Å². The van der Waals surface area contributed by atoms with Gasteiger partial charge in [0.15, 0.2) is 0 Å². The standard InChI is InChI=1S/C11H15ClN2O4S/c1-13(2)19(16,17)8-5-6-10(12)9(7-8)11(15)14(3)18-4/h5-7H,1-4H3. The van der Waals surface area contributed by atoms with Crippen molar-refractivity contribution in [3.8, 4) is 0 Å². The molecule has 0 radical (unpaired) electrons. The van der Waals surface area contributed by atoms with Crippen LogP contribution in [0.15, 0.2) is 23.1 Å². The molecule has 0 spiro atoms. The molecule has 0 aliphatic rings.